The van der Waals surface area contributed by atoms with E-state index in [0.717, 1.165) is 31.6 Å². The number of hydrogen-bond donors (Lipinski definition) is 0. The molecular formula is C18H18N2OS. The van der Waals surface area contributed by atoms with Gasteiger partial charge in [-0.15, -0.1) is 0 Å². The predicted molar refractivity (Wildman–Crippen MR) is 93.1 cm³/mol. The largest absolute Gasteiger partial charge is 0.348 e. The lowest BCUT2D eigenvalue weighted by Gasteiger charge is -2.29. The number of para-hydroxylation sites is 1. The van der Waals surface area contributed by atoms with Gasteiger partial charge in [-0.25, -0.2) is 0 Å². The average molecular weight is 310 g/mol. The number of amides is 1. The summed E-state index contributed by atoms with van der Waals surface area (Å²) in [4.78, 5) is 16.7. The fourth-order valence-corrected chi connectivity index (χ4v) is 3.02. The fourth-order valence-electron chi connectivity index (χ4n) is 2.65. The van der Waals surface area contributed by atoms with Gasteiger partial charge >= 0.3 is 0 Å². The van der Waals surface area contributed by atoms with Gasteiger partial charge in [0.1, 0.15) is 0 Å². The number of carbonyl (C=O) groups excluding carboxylic acids is 1. The summed E-state index contributed by atoms with van der Waals surface area (Å²) in [5, 5.41) is 0.595. The average Bonchev–Trinajstić information content (AvgIpc) is 3.11. The first-order valence-electron chi connectivity index (χ1n) is 7.51. The molecule has 1 fully saturated rings. The van der Waals surface area contributed by atoms with Gasteiger partial charge in [0.25, 0.3) is 5.91 Å². The number of benzene rings is 2. The highest BCUT2D eigenvalue weighted by Gasteiger charge is 2.27. The summed E-state index contributed by atoms with van der Waals surface area (Å²) in [6.07, 6.45) is 2.25. The molecule has 1 saturated heterocycles. The van der Waals surface area contributed by atoms with Gasteiger partial charge in [-0.3, -0.25) is 9.69 Å². The number of carbonyl (C=O) groups is 1. The van der Waals surface area contributed by atoms with E-state index in [-0.39, 0.29) is 5.91 Å². The summed E-state index contributed by atoms with van der Waals surface area (Å²) < 4.78 is 0. The van der Waals surface area contributed by atoms with Crippen molar-refractivity contribution in [3.8, 4) is 0 Å². The summed E-state index contributed by atoms with van der Waals surface area (Å²) in [5.41, 5.74) is 1.46. The van der Waals surface area contributed by atoms with Crippen LogP contribution in [0.3, 0.4) is 0 Å². The minimum absolute atomic E-state index is 0.0799. The van der Waals surface area contributed by atoms with Crippen LogP contribution in [-0.4, -0.2) is 29.0 Å². The van der Waals surface area contributed by atoms with Crippen LogP contribution in [0, 0.1) is 0 Å². The molecule has 3 rings (SSSR count). The molecule has 0 saturated carbocycles. The number of nitrogens with zero attached hydrogens (tertiary/aromatic N) is 2. The molecule has 0 atom stereocenters. The first kappa shape index (κ1) is 14.7. The molecule has 2 aromatic rings. The minimum atomic E-state index is -0.0799. The lowest BCUT2D eigenvalue weighted by molar-refractivity contribution is 0.1000. The van der Waals surface area contributed by atoms with Gasteiger partial charge in [-0.1, -0.05) is 36.4 Å². The highest BCUT2D eigenvalue weighted by atomic mass is 32.1. The van der Waals surface area contributed by atoms with Crippen LogP contribution in [-0.2, 0) is 0 Å². The molecular weight excluding hydrogens is 292 g/mol. The number of thiocarbonyl (C=S) groups is 1. The zero-order chi connectivity index (χ0) is 15.4. The third-order valence-corrected chi connectivity index (χ3v) is 4.25. The van der Waals surface area contributed by atoms with Crippen LogP contribution < -0.4 is 4.90 Å². The maximum absolute atomic E-state index is 13.0. The van der Waals surface area contributed by atoms with E-state index in [2.05, 4.69) is 4.90 Å². The Morgan fingerprint density at radius 2 is 1.45 bits per heavy atom. The summed E-state index contributed by atoms with van der Waals surface area (Å²) >= 11 is 5.62. The zero-order valence-electron chi connectivity index (χ0n) is 12.3. The van der Waals surface area contributed by atoms with E-state index in [0.29, 0.717) is 10.7 Å². The van der Waals surface area contributed by atoms with Crippen molar-refractivity contribution in [1.29, 1.82) is 0 Å². The third-order valence-electron chi connectivity index (χ3n) is 3.81. The first-order chi connectivity index (χ1) is 10.8. The summed E-state index contributed by atoms with van der Waals surface area (Å²) in [5.74, 6) is -0.0799. The summed E-state index contributed by atoms with van der Waals surface area (Å²) in [6, 6.07) is 18.9. The molecule has 112 valence electrons. The van der Waals surface area contributed by atoms with E-state index in [9.17, 15) is 4.79 Å². The smallest absolute Gasteiger partial charge is 0.264 e. The molecule has 0 aromatic heterocycles. The maximum atomic E-state index is 13.0. The SMILES string of the molecule is O=C(c1ccccc1)N(C(=S)N1CCCC1)c1ccccc1. The molecule has 0 radical (unpaired) electrons. The lowest BCUT2D eigenvalue weighted by Crippen LogP contribution is -2.45. The maximum Gasteiger partial charge on any atom is 0.264 e. The number of hydrogen-bond acceptors (Lipinski definition) is 2. The van der Waals surface area contributed by atoms with Gasteiger partial charge in [0, 0.05) is 18.7 Å². The molecule has 1 aliphatic heterocycles. The van der Waals surface area contributed by atoms with Crippen molar-refractivity contribution in [2.45, 2.75) is 12.8 Å². The molecule has 0 spiro atoms. The molecule has 3 nitrogen and oxygen atoms in total. The second kappa shape index (κ2) is 6.71. The van der Waals surface area contributed by atoms with Crippen LogP contribution in [0.25, 0.3) is 0 Å². The van der Waals surface area contributed by atoms with Crippen molar-refractivity contribution in [1.82, 2.24) is 4.90 Å². The monoisotopic (exact) mass is 310 g/mol. The predicted octanol–water partition coefficient (Wildman–Crippen LogP) is 3.71. The summed E-state index contributed by atoms with van der Waals surface area (Å²) in [6.45, 7) is 1.84. The lowest BCUT2D eigenvalue weighted by atomic mass is 10.2. The molecule has 1 aliphatic rings. The summed E-state index contributed by atoms with van der Waals surface area (Å²) in [7, 11) is 0. The van der Waals surface area contributed by atoms with Crippen LogP contribution in [0.2, 0.25) is 0 Å². The topological polar surface area (TPSA) is 23.6 Å². The van der Waals surface area contributed by atoms with Crippen molar-refractivity contribution in [2.24, 2.45) is 0 Å². The van der Waals surface area contributed by atoms with Gasteiger partial charge in [-0.05, 0) is 49.3 Å². The molecule has 2 aromatic carbocycles. The van der Waals surface area contributed by atoms with E-state index >= 15 is 0 Å². The van der Waals surface area contributed by atoms with E-state index in [4.69, 9.17) is 12.2 Å². The highest BCUT2D eigenvalue weighted by molar-refractivity contribution is 7.80. The number of rotatable bonds is 2. The quantitative estimate of drug-likeness (QED) is 0.790. The van der Waals surface area contributed by atoms with Crippen molar-refractivity contribution in [3.63, 3.8) is 0 Å². The Hall–Kier alpha value is -2.20. The molecule has 0 bridgehead atoms. The molecule has 22 heavy (non-hydrogen) atoms. The van der Waals surface area contributed by atoms with Gasteiger partial charge in [0.2, 0.25) is 0 Å². The molecule has 1 amide bonds. The van der Waals surface area contributed by atoms with Gasteiger partial charge in [-0.2, -0.15) is 0 Å². The zero-order valence-corrected chi connectivity index (χ0v) is 13.1. The Kier molecular flexibility index (Phi) is 4.49. The molecule has 0 N–H and O–H groups in total. The minimum Gasteiger partial charge on any atom is -0.348 e. The fraction of sp³-hybridized carbons (Fsp3) is 0.222. The van der Waals surface area contributed by atoms with E-state index in [1.807, 2.05) is 60.7 Å². The van der Waals surface area contributed by atoms with Crippen LogP contribution in [0.5, 0.6) is 0 Å². The Morgan fingerprint density at radius 1 is 0.909 bits per heavy atom. The number of likely N-dealkylation sites (tertiary alicyclic amines) is 1. The molecule has 0 unspecified atom stereocenters. The van der Waals surface area contributed by atoms with Crippen LogP contribution in [0.15, 0.2) is 60.7 Å². The van der Waals surface area contributed by atoms with Gasteiger partial charge < -0.3 is 4.90 Å². The van der Waals surface area contributed by atoms with E-state index < -0.39 is 0 Å². The van der Waals surface area contributed by atoms with Crippen LogP contribution >= 0.6 is 12.2 Å². The van der Waals surface area contributed by atoms with Crippen LogP contribution in [0.1, 0.15) is 23.2 Å². The van der Waals surface area contributed by atoms with E-state index in [1.165, 1.54) is 0 Å². The molecule has 4 heteroatoms. The van der Waals surface area contributed by atoms with Crippen molar-refractivity contribution < 1.29 is 4.79 Å². The van der Waals surface area contributed by atoms with Gasteiger partial charge in [0.05, 0.1) is 5.69 Å². The second-order valence-corrected chi connectivity index (χ2v) is 5.68. The van der Waals surface area contributed by atoms with Gasteiger partial charge in [0.15, 0.2) is 5.11 Å². The Labute approximate surface area is 136 Å². The molecule has 1 heterocycles. The normalized spacial score (nSPS) is 13.9. The standard InChI is InChI=1S/C18H18N2OS/c21-17(15-9-3-1-4-10-15)20(16-11-5-2-6-12-16)18(22)19-13-7-8-14-19/h1-6,9-12H,7-8,13-14H2. The van der Waals surface area contributed by atoms with Crippen LogP contribution in [0.4, 0.5) is 5.69 Å². The molecule has 0 aliphatic carbocycles. The Bertz CT molecular complexity index is 651. The Morgan fingerprint density at radius 3 is 2.05 bits per heavy atom. The first-order valence-corrected chi connectivity index (χ1v) is 7.91. The Balaban J connectivity index is 1.96. The van der Waals surface area contributed by atoms with Crippen molar-refractivity contribution in [3.05, 3.63) is 66.2 Å². The van der Waals surface area contributed by atoms with Crippen molar-refractivity contribution >= 4 is 28.9 Å². The highest BCUT2D eigenvalue weighted by Crippen LogP contribution is 2.21. The van der Waals surface area contributed by atoms with E-state index in [1.54, 1.807) is 4.90 Å². The number of anilines is 1. The van der Waals surface area contributed by atoms with Crippen molar-refractivity contribution in [2.75, 3.05) is 18.0 Å². The second-order valence-electron chi connectivity index (χ2n) is 5.32. The third kappa shape index (κ3) is 3.02.